The first-order valence-corrected chi connectivity index (χ1v) is 12.1. The summed E-state index contributed by atoms with van der Waals surface area (Å²) >= 11 is 1.54. The summed E-state index contributed by atoms with van der Waals surface area (Å²) in [6, 6.07) is 15.0. The van der Waals surface area contributed by atoms with Gasteiger partial charge in [-0.15, -0.1) is 11.3 Å². The third kappa shape index (κ3) is 4.18. The Labute approximate surface area is 190 Å². The molecule has 0 aromatic heterocycles. The minimum absolute atomic E-state index is 0.0847. The van der Waals surface area contributed by atoms with E-state index in [1.54, 1.807) is 35.6 Å². The summed E-state index contributed by atoms with van der Waals surface area (Å²) in [5.41, 5.74) is 2.43. The molecule has 0 bridgehead atoms. The molecule has 2 aromatic rings. The van der Waals surface area contributed by atoms with Crippen LogP contribution >= 0.6 is 11.3 Å². The molecule has 0 radical (unpaired) electrons. The number of amides is 1. The van der Waals surface area contributed by atoms with Gasteiger partial charge < -0.3 is 10.2 Å². The van der Waals surface area contributed by atoms with Gasteiger partial charge in [0.2, 0.25) is 0 Å². The molecule has 0 saturated carbocycles. The Morgan fingerprint density at radius 2 is 1.81 bits per heavy atom. The van der Waals surface area contributed by atoms with Crippen molar-refractivity contribution in [3.05, 3.63) is 69.8 Å². The molecule has 0 atom stereocenters. The fourth-order valence-corrected chi connectivity index (χ4v) is 5.21. The molecule has 2 aromatic carbocycles. The Balaban J connectivity index is 1.25. The molecule has 0 unspecified atom stereocenters. The Morgan fingerprint density at radius 3 is 2.62 bits per heavy atom. The van der Waals surface area contributed by atoms with E-state index in [0.717, 1.165) is 29.5 Å². The van der Waals surface area contributed by atoms with E-state index in [1.807, 2.05) is 29.6 Å². The van der Waals surface area contributed by atoms with Crippen molar-refractivity contribution < 1.29 is 4.79 Å². The monoisotopic (exact) mass is 446 g/mol. The Hall–Kier alpha value is -3.03. The lowest BCUT2D eigenvalue weighted by Crippen LogP contribution is -2.26. The molecule has 1 fully saturated rings. The number of likely N-dealkylation sites (tertiary alicyclic amines) is 1. The van der Waals surface area contributed by atoms with Crippen molar-refractivity contribution in [2.45, 2.75) is 25.7 Å². The number of hydrogen-bond donors (Lipinski definition) is 1. The van der Waals surface area contributed by atoms with Crippen LogP contribution in [0.5, 0.6) is 0 Å². The van der Waals surface area contributed by atoms with Crippen LogP contribution in [-0.2, 0) is 0 Å². The van der Waals surface area contributed by atoms with E-state index in [4.69, 9.17) is 0 Å². The molecule has 6 nitrogen and oxygen atoms in total. The van der Waals surface area contributed by atoms with Crippen molar-refractivity contribution in [3.8, 4) is 16.9 Å². The first kappa shape index (κ1) is 20.8. The molecule has 1 N–H and O–H groups in total. The van der Waals surface area contributed by atoms with Gasteiger partial charge in [-0.1, -0.05) is 18.2 Å². The van der Waals surface area contributed by atoms with Gasteiger partial charge in [0.15, 0.2) is 0 Å². The average Bonchev–Trinajstić information content (AvgIpc) is 3.47. The topological polar surface area (TPSA) is 67.2 Å². The zero-order valence-corrected chi connectivity index (χ0v) is 18.7. The summed E-state index contributed by atoms with van der Waals surface area (Å²) in [6.45, 7) is 4.23. The van der Waals surface area contributed by atoms with E-state index in [-0.39, 0.29) is 11.5 Å². The summed E-state index contributed by atoms with van der Waals surface area (Å²) in [4.78, 5) is 27.9. The molecule has 1 saturated heterocycles. The second kappa shape index (κ2) is 9.22. The van der Waals surface area contributed by atoms with Gasteiger partial charge in [0, 0.05) is 27.6 Å². The van der Waals surface area contributed by atoms with Crippen LogP contribution in [0, 0.1) is 0 Å². The first-order valence-electron chi connectivity index (χ1n) is 11.2. The minimum Gasteiger partial charge on any atom is -0.352 e. The number of nitrogens with zero attached hydrogens (tertiary/aromatic N) is 3. The Morgan fingerprint density at radius 1 is 1.03 bits per heavy atom. The maximum atomic E-state index is 12.9. The number of aromatic nitrogens is 2. The lowest BCUT2D eigenvalue weighted by molar-refractivity contribution is 0.0952. The van der Waals surface area contributed by atoms with Crippen LogP contribution in [-0.4, -0.2) is 46.8 Å². The second-order valence-corrected chi connectivity index (χ2v) is 9.18. The highest BCUT2D eigenvalue weighted by molar-refractivity contribution is 7.17. The average molecular weight is 447 g/mol. The van der Waals surface area contributed by atoms with Crippen LogP contribution < -0.4 is 10.9 Å². The minimum atomic E-state index is -0.141. The van der Waals surface area contributed by atoms with E-state index in [0.29, 0.717) is 29.1 Å². The third-order valence-electron chi connectivity index (χ3n) is 6.08. The summed E-state index contributed by atoms with van der Waals surface area (Å²) < 4.78 is 2.52. The number of benzene rings is 2. The first-order chi connectivity index (χ1) is 15.7. The van der Waals surface area contributed by atoms with E-state index in [1.165, 1.54) is 30.6 Å². The largest absolute Gasteiger partial charge is 0.352 e. The van der Waals surface area contributed by atoms with Crippen molar-refractivity contribution in [2.24, 2.45) is 0 Å². The van der Waals surface area contributed by atoms with Gasteiger partial charge in [0.25, 0.3) is 11.5 Å². The highest BCUT2D eigenvalue weighted by atomic mass is 32.1. The van der Waals surface area contributed by atoms with Crippen LogP contribution in [0.25, 0.3) is 27.0 Å². The standard InChI is InChI=1S/C25H26N4O2S/c30-24(26-13-3-4-14-28-15-5-6-16-28)18-9-11-19(12-10-18)29-25(31)21-17-32-22-8-2-1-7-20(22)23(21)27-29/h1-2,7-12,17H,3-6,13-16H2,(H,26,30). The van der Waals surface area contributed by atoms with Crippen molar-refractivity contribution in [1.82, 2.24) is 20.0 Å². The van der Waals surface area contributed by atoms with E-state index in [2.05, 4.69) is 15.3 Å². The summed E-state index contributed by atoms with van der Waals surface area (Å²) in [6.07, 6.45) is 4.71. The van der Waals surface area contributed by atoms with Gasteiger partial charge in [-0.05, 0) is 75.6 Å². The molecule has 3 heterocycles. The number of carbonyl (C=O) groups excluding carboxylic acids is 1. The second-order valence-electron chi connectivity index (χ2n) is 8.27. The smallest absolute Gasteiger partial charge is 0.281 e. The summed E-state index contributed by atoms with van der Waals surface area (Å²) in [7, 11) is 0. The fraction of sp³-hybridized carbons (Fsp3) is 0.320. The van der Waals surface area contributed by atoms with Gasteiger partial charge in [0.1, 0.15) is 5.69 Å². The molecular weight excluding hydrogens is 420 g/mol. The molecule has 3 aliphatic rings. The SMILES string of the molecule is O=C(NCCCCN1CCCC1)c1ccc(-n2nc3c4ccccc4scc-3c2=O)cc1. The highest BCUT2D eigenvalue weighted by Gasteiger charge is 2.19. The normalized spacial score (nSPS) is 14.4. The van der Waals surface area contributed by atoms with Gasteiger partial charge >= 0.3 is 0 Å². The fourth-order valence-electron chi connectivity index (χ4n) is 4.31. The Kier molecular flexibility index (Phi) is 6.01. The van der Waals surface area contributed by atoms with E-state index >= 15 is 0 Å². The lowest BCUT2D eigenvalue weighted by Gasteiger charge is -2.14. The quantitative estimate of drug-likeness (QED) is 0.433. The van der Waals surface area contributed by atoms with E-state index < -0.39 is 0 Å². The maximum absolute atomic E-state index is 12.9. The predicted molar refractivity (Wildman–Crippen MR) is 129 cm³/mol. The number of nitrogens with one attached hydrogen (secondary N) is 1. The van der Waals surface area contributed by atoms with Crippen LogP contribution in [0.4, 0.5) is 0 Å². The predicted octanol–water partition coefficient (Wildman–Crippen LogP) is 4.16. The summed E-state index contributed by atoms with van der Waals surface area (Å²) in [5, 5.41) is 10.4. The van der Waals surface area contributed by atoms with Crippen molar-refractivity contribution >= 4 is 27.3 Å². The van der Waals surface area contributed by atoms with Crippen LogP contribution in [0.15, 0.2) is 58.7 Å². The third-order valence-corrected chi connectivity index (χ3v) is 7.05. The molecule has 3 aliphatic heterocycles. The van der Waals surface area contributed by atoms with Crippen LogP contribution in [0.1, 0.15) is 36.0 Å². The molecule has 7 heteroatoms. The molecule has 1 amide bonds. The number of unbranched alkanes of at least 4 members (excludes halogenated alkanes) is 1. The van der Waals surface area contributed by atoms with Gasteiger partial charge in [0.05, 0.1) is 11.3 Å². The zero-order chi connectivity index (χ0) is 21.9. The van der Waals surface area contributed by atoms with Crippen LogP contribution in [0.3, 0.4) is 0 Å². The van der Waals surface area contributed by atoms with Gasteiger partial charge in [-0.3, -0.25) is 9.59 Å². The van der Waals surface area contributed by atoms with Gasteiger partial charge in [-0.2, -0.15) is 9.78 Å². The number of hydrogen-bond acceptors (Lipinski definition) is 5. The number of carbonyl (C=O) groups is 1. The Bertz CT molecular complexity index is 1260. The molecule has 5 rings (SSSR count). The van der Waals surface area contributed by atoms with Crippen molar-refractivity contribution in [2.75, 3.05) is 26.2 Å². The molecule has 32 heavy (non-hydrogen) atoms. The molecule has 164 valence electrons. The summed E-state index contributed by atoms with van der Waals surface area (Å²) in [5.74, 6) is -0.0847. The number of fused-ring (bicyclic) bond motifs is 3. The highest BCUT2D eigenvalue weighted by Crippen LogP contribution is 2.30. The van der Waals surface area contributed by atoms with Crippen LogP contribution in [0.2, 0.25) is 0 Å². The van der Waals surface area contributed by atoms with Gasteiger partial charge in [-0.25, -0.2) is 0 Å². The lowest BCUT2D eigenvalue weighted by atomic mass is 10.1. The zero-order valence-electron chi connectivity index (χ0n) is 17.9. The molecule has 0 spiro atoms. The molecular formula is C25H26N4O2S. The van der Waals surface area contributed by atoms with Crippen molar-refractivity contribution in [3.63, 3.8) is 0 Å². The number of rotatable bonds is 7. The van der Waals surface area contributed by atoms with E-state index in [9.17, 15) is 9.59 Å². The van der Waals surface area contributed by atoms with Crippen molar-refractivity contribution in [1.29, 1.82) is 0 Å². The molecule has 0 aliphatic carbocycles. The maximum Gasteiger partial charge on any atom is 0.281 e.